The Bertz CT molecular complexity index is 901. The van der Waals surface area contributed by atoms with E-state index >= 15 is 0 Å². The summed E-state index contributed by atoms with van der Waals surface area (Å²) >= 11 is 0. The van der Waals surface area contributed by atoms with Gasteiger partial charge in [-0.1, -0.05) is 0 Å². The summed E-state index contributed by atoms with van der Waals surface area (Å²) in [4.78, 5) is 29.8. The number of hydrogen-bond acceptors (Lipinski definition) is 4. The minimum Gasteiger partial charge on any atom is -0.385 e. The Kier molecular flexibility index (Phi) is 3.74. The third kappa shape index (κ3) is 2.76. The number of rotatable bonds is 5. The largest absolute Gasteiger partial charge is 0.385 e. The number of carbonyl (C=O) groups excluding carboxylic acids is 1. The number of aromatic amines is 1. The summed E-state index contributed by atoms with van der Waals surface area (Å²) in [5.41, 5.74) is 6.43. The molecule has 0 saturated heterocycles. The van der Waals surface area contributed by atoms with Crippen LogP contribution in [0, 0.1) is 0 Å². The lowest BCUT2D eigenvalue weighted by molar-refractivity contribution is -0.118. The predicted octanol–water partition coefficient (Wildman–Crippen LogP) is 1.75. The standard InChI is InChI=1S/C16H16N4O2/c17-14(21)4-2-7-18-10-5-6-12-13(9-10)11-3-1-8-19-15(11)20-16(12)22/h1,3,5-6,8-9,18H,2,4,7H2,(H2,17,21)(H,19,20,22). The van der Waals surface area contributed by atoms with Crippen LogP contribution < -0.4 is 16.6 Å². The van der Waals surface area contributed by atoms with Gasteiger partial charge in [-0.25, -0.2) is 4.98 Å². The number of hydrogen-bond donors (Lipinski definition) is 3. The third-order valence-corrected chi connectivity index (χ3v) is 3.52. The van der Waals surface area contributed by atoms with Gasteiger partial charge in [0.05, 0.1) is 0 Å². The Morgan fingerprint density at radius 3 is 2.91 bits per heavy atom. The number of fused-ring (bicyclic) bond motifs is 3. The first-order chi connectivity index (χ1) is 10.6. The molecular formula is C16H16N4O2. The number of pyridine rings is 2. The maximum absolute atomic E-state index is 12.1. The number of nitrogens with one attached hydrogen (secondary N) is 2. The molecule has 0 saturated carbocycles. The summed E-state index contributed by atoms with van der Waals surface area (Å²) in [7, 11) is 0. The summed E-state index contributed by atoms with van der Waals surface area (Å²) < 4.78 is 0. The average molecular weight is 296 g/mol. The number of aromatic nitrogens is 2. The van der Waals surface area contributed by atoms with Crippen LogP contribution in [0.15, 0.2) is 41.3 Å². The molecule has 6 nitrogen and oxygen atoms in total. The SMILES string of the molecule is NC(=O)CCCNc1ccc2c(=O)[nH]c3ncccc3c2c1. The number of amides is 1. The van der Waals surface area contributed by atoms with E-state index in [0.29, 0.717) is 30.4 Å². The minimum atomic E-state index is -0.302. The van der Waals surface area contributed by atoms with Crippen molar-refractivity contribution in [2.75, 3.05) is 11.9 Å². The second-order valence-corrected chi connectivity index (χ2v) is 5.11. The number of nitrogens with zero attached hydrogens (tertiary/aromatic N) is 1. The van der Waals surface area contributed by atoms with Gasteiger partial charge in [0.25, 0.3) is 5.56 Å². The second-order valence-electron chi connectivity index (χ2n) is 5.11. The van der Waals surface area contributed by atoms with Gasteiger partial charge in [-0.3, -0.25) is 9.59 Å². The molecule has 0 bridgehead atoms. The Morgan fingerprint density at radius 2 is 2.09 bits per heavy atom. The Balaban J connectivity index is 1.96. The highest BCUT2D eigenvalue weighted by molar-refractivity contribution is 6.05. The predicted molar refractivity (Wildman–Crippen MR) is 86.8 cm³/mol. The van der Waals surface area contributed by atoms with Gasteiger partial charge in [0.2, 0.25) is 5.91 Å². The molecule has 4 N–H and O–H groups in total. The van der Waals surface area contributed by atoms with E-state index in [1.165, 1.54) is 0 Å². The van der Waals surface area contributed by atoms with Crippen molar-refractivity contribution in [1.82, 2.24) is 9.97 Å². The van der Waals surface area contributed by atoms with E-state index in [2.05, 4.69) is 15.3 Å². The van der Waals surface area contributed by atoms with E-state index in [0.717, 1.165) is 16.5 Å². The van der Waals surface area contributed by atoms with Crippen LogP contribution in [0.2, 0.25) is 0 Å². The Labute approximate surface area is 126 Å². The molecule has 0 aliphatic heterocycles. The molecule has 112 valence electrons. The van der Waals surface area contributed by atoms with Crippen LogP contribution in [0.25, 0.3) is 21.8 Å². The molecule has 0 unspecified atom stereocenters. The summed E-state index contributed by atoms with van der Waals surface area (Å²) in [5, 5.41) is 5.62. The van der Waals surface area contributed by atoms with Crippen molar-refractivity contribution < 1.29 is 4.79 Å². The van der Waals surface area contributed by atoms with E-state index in [1.54, 1.807) is 12.3 Å². The van der Waals surface area contributed by atoms with Crippen LogP contribution in [0.4, 0.5) is 5.69 Å². The van der Waals surface area contributed by atoms with Gasteiger partial charge in [0.1, 0.15) is 5.65 Å². The zero-order chi connectivity index (χ0) is 15.5. The molecule has 0 spiro atoms. The molecule has 0 atom stereocenters. The van der Waals surface area contributed by atoms with E-state index in [9.17, 15) is 9.59 Å². The van der Waals surface area contributed by atoms with E-state index in [-0.39, 0.29) is 11.5 Å². The van der Waals surface area contributed by atoms with Crippen LogP contribution >= 0.6 is 0 Å². The molecule has 3 rings (SSSR count). The van der Waals surface area contributed by atoms with Crippen molar-refractivity contribution in [3.8, 4) is 0 Å². The first kappa shape index (κ1) is 14.1. The lowest BCUT2D eigenvalue weighted by Gasteiger charge is -2.08. The summed E-state index contributed by atoms with van der Waals surface area (Å²) in [6.45, 7) is 0.647. The summed E-state index contributed by atoms with van der Waals surface area (Å²) in [5.74, 6) is -0.302. The molecule has 0 radical (unpaired) electrons. The van der Waals surface area contributed by atoms with Gasteiger partial charge < -0.3 is 16.0 Å². The summed E-state index contributed by atoms with van der Waals surface area (Å²) in [6, 6.07) is 9.34. The smallest absolute Gasteiger partial charge is 0.257 e. The van der Waals surface area contributed by atoms with Crippen molar-refractivity contribution in [3.05, 3.63) is 46.9 Å². The zero-order valence-corrected chi connectivity index (χ0v) is 11.9. The fraction of sp³-hybridized carbons (Fsp3) is 0.188. The maximum Gasteiger partial charge on any atom is 0.257 e. The van der Waals surface area contributed by atoms with Crippen molar-refractivity contribution >= 4 is 33.4 Å². The molecule has 1 amide bonds. The van der Waals surface area contributed by atoms with Crippen LogP contribution in [-0.2, 0) is 4.79 Å². The Hall–Kier alpha value is -2.89. The van der Waals surface area contributed by atoms with Crippen molar-refractivity contribution in [1.29, 1.82) is 0 Å². The molecule has 2 aromatic heterocycles. The van der Waals surface area contributed by atoms with Crippen molar-refractivity contribution in [3.63, 3.8) is 0 Å². The molecule has 0 aliphatic rings. The van der Waals surface area contributed by atoms with Gasteiger partial charge >= 0.3 is 0 Å². The number of carbonyl (C=O) groups is 1. The first-order valence-corrected chi connectivity index (χ1v) is 7.08. The highest BCUT2D eigenvalue weighted by Gasteiger charge is 2.06. The fourth-order valence-corrected chi connectivity index (χ4v) is 2.47. The number of benzene rings is 1. The molecule has 2 heterocycles. The monoisotopic (exact) mass is 296 g/mol. The lowest BCUT2D eigenvalue weighted by atomic mass is 10.1. The highest BCUT2D eigenvalue weighted by Crippen LogP contribution is 2.23. The lowest BCUT2D eigenvalue weighted by Crippen LogP contribution is -2.12. The third-order valence-electron chi connectivity index (χ3n) is 3.52. The van der Waals surface area contributed by atoms with E-state index in [1.807, 2.05) is 24.3 Å². The van der Waals surface area contributed by atoms with Gasteiger partial charge in [-0.2, -0.15) is 0 Å². The van der Waals surface area contributed by atoms with Crippen molar-refractivity contribution in [2.24, 2.45) is 5.73 Å². The van der Waals surface area contributed by atoms with Gasteiger partial charge in [-0.15, -0.1) is 0 Å². The Morgan fingerprint density at radius 1 is 1.23 bits per heavy atom. The normalized spacial score (nSPS) is 10.9. The van der Waals surface area contributed by atoms with Gasteiger partial charge in [-0.05, 0) is 36.8 Å². The number of nitrogens with two attached hydrogens (primary N) is 1. The first-order valence-electron chi connectivity index (χ1n) is 7.08. The number of anilines is 1. The van der Waals surface area contributed by atoms with E-state index < -0.39 is 0 Å². The average Bonchev–Trinajstić information content (AvgIpc) is 2.51. The minimum absolute atomic E-state index is 0.151. The van der Waals surface area contributed by atoms with Crippen molar-refractivity contribution in [2.45, 2.75) is 12.8 Å². The zero-order valence-electron chi connectivity index (χ0n) is 11.9. The molecular weight excluding hydrogens is 280 g/mol. The maximum atomic E-state index is 12.1. The molecule has 6 heteroatoms. The number of H-pyrrole nitrogens is 1. The van der Waals surface area contributed by atoms with E-state index in [4.69, 9.17) is 5.73 Å². The topological polar surface area (TPSA) is 101 Å². The molecule has 3 aromatic rings. The molecule has 22 heavy (non-hydrogen) atoms. The van der Waals surface area contributed by atoms with Gasteiger partial charge in [0, 0.05) is 41.0 Å². The van der Waals surface area contributed by atoms with Crippen LogP contribution in [0.1, 0.15) is 12.8 Å². The molecule has 0 aliphatic carbocycles. The molecule has 0 fully saturated rings. The van der Waals surface area contributed by atoms with Gasteiger partial charge in [0.15, 0.2) is 0 Å². The quantitative estimate of drug-likeness (QED) is 0.493. The van der Waals surface area contributed by atoms with Crippen LogP contribution in [-0.4, -0.2) is 22.4 Å². The molecule has 1 aromatic carbocycles. The number of primary amides is 1. The second kappa shape index (κ2) is 5.85. The fourth-order valence-electron chi connectivity index (χ4n) is 2.47. The summed E-state index contributed by atoms with van der Waals surface area (Å²) in [6.07, 6.45) is 2.67. The van der Waals surface area contributed by atoms with Crippen LogP contribution in [0.5, 0.6) is 0 Å². The van der Waals surface area contributed by atoms with Crippen LogP contribution in [0.3, 0.4) is 0 Å². The highest BCUT2D eigenvalue weighted by atomic mass is 16.1.